The summed E-state index contributed by atoms with van der Waals surface area (Å²) in [4.78, 5) is 35.3. The molecule has 0 aromatic rings. The maximum absolute atomic E-state index is 12.7. The van der Waals surface area contributed by atoms with E-state index >= 15 is 0 Å². The number of rotatable bonds is 38. The quantitative estimate of drug-likeness (QED) is 0.0215. The van der Waals surface area contributed by atoms with Crippen LogP contribution in [0.5, 0.6) is 0 Å². The maximum Gasteiger partial charge on any atom is 0.472 e. The Labute approximate surface area is 353 Å². The van der Waals surface area contributed by atoms with Crippen LogP contribution in [0.3, 0.4) is 0 Å². The molecule has 0 bridgehead atoms. The van der Waals surface area contributed by atoms with Gasteiger partial charge in [-0.15, -0.1) is 0 Å². The number of nitrogens with zero attached hydrogens (tertiary/aromatic N) is 1. The van der Waals surface area contributed by atoms with E-state index in [0.29, 0.717) is 30.3 Å². The number of phosphoric acid groups is 1. The second-order valence-corrected chi connectivity index (χ2v) is 16.8. The predicted molar refractivity (Wildman–Crippen MR) is 242 cm³/mol. The molecule has 0 fully saturated rings. The van der Waals surface area contributed by atoms with Crippen LogP contribution in [0.4, 0.5) is 0 Å². The number of carbonyl (C=O) groups excluding carboxylic acids is 2. The number of quaternary nitrogens is 1. The molecule has 0 saturated carbocycles. The van der Waals surface area contributed by atoms with Gasteiger partial charge in [0.15, 0.2) is 6.10 Å². The topological polar surface area (TPSA) is 108 Å². The normalized spacial score (nSPS) is 14.5. The zero-order valence-electron chi connectivity index (χ0n) is 37.0. The van der Waals surface area contributed by atoms with Crippen molar-refractivity contribution in [1.29, 1.82) is 0 Å². The van der Waals surface area contributed by atoms with Crippen molar-refractivity contribution in [3.05, 3.63) is 97.2 Å². The molecule has 0 aromatic heterocycles. The summed E-state index contributed by atoms with van der Waals surface area (Å²) in [6.07, 6.45) is 51.8. The zero-order valence-corrected chi connectivity index (χ0v) is 37.9. The predicted octanol–water partition coefficient (Wildman–Crippen LogP) is 12.6. The Morgan fingerprint density at radius 1 is 0.534 bits per heavy atom. The standard InChI is InChI=1S/C48H80NO8P/c1-6-8-10-12-14-16-18-20-22-24-26-28-30-32-34-36-38-40-47(50)54-44-46(45-56-58(52,53)55-43-42-49(3,4)5)57-48(51)41-39-37-35-33-31-29-27-25-23-21-19-17-15-13-11-9-7-2/h14-17,20-23,26-29,32-35,46H,6-13,18-19,24-25,30-31,36-45H2,1-5H3/p+1. The highest BCUT2D eigenvalue weighted by Gasteiger charge is 2.27. The molecule has 0 rings (SSSR count). The molecule has 1 N–H and O–H groups in total. The monoisotopic (exact) mass is 831 g/mol. The average molecular weight is 831 g/mol. The van der Waals surface area contributed by atoms with E-state index in [2.05, 4.69) is 98.9 Å². The summed E-state index contributed by atoms with van der Waals surface area (Å²) < 4.78 is 34.2. The third-order valence-corrected chi connectivity index (χ3v) is 9.57. The SMILES string of the molecule is CCCCCC=CCC=CCC=CCC=CCCCC(=O)OCC(COP(=O)(O)OCC[N+](C)(C)C)OC(=O)CCCC=CCC=CCC=CCC=CCCCCC. The fourth-order valence-corrected chi connectivity index (χ4v) is 5.86. The number of allylic oxidation sites excluding steroid dienone is 16. The number of phosphoric ester groups is 1. The fourth-order valence-electron chi connectivity index (χ4n) is 5.11. The van der Waals surface area contributed by atoms with Gasteiger partial charge >= 0.3 is 19.8 Å². The first kappa shape index (κ1) is 54.9. The van der Waals surface area contributed by atoms with Crippen LogP contribution >= 0.6 is 7.82 Å². The first-order valence-corrected chi connectivity index (χ1v) is 23.5. The second kappa shape index (κ2) is 39.4. The van der Waals surface area contributed by atoms with Crippen molar-refractivity contribution in [3.63, 3.8) is 0 Å². The molecule has 0 radical (unpaired) electrons. The number of hydrogen-bond donors (Lipinski definition) is 1. The molecule has 0 heterocycles. The molecular weight excluding hydrogens is 750 g/mol. The Morgan fingerprint density at radius 3 is 1.31 bits per heavy atom. The Bertz CT molecular complexity index is 1300. The van der Waals surface area contributed by atoms with E-state index in [-0.39, 0.29) is 26.1 Å². The summed E-state index contributed by atoms with van der Waals surface area (Å²) in [5.41, 5.74) is 0. The summed E-state index contributed by atoms with van der Waals surface area (Å²) in [6.45, 7) is 4.21. The minimum atomic E-state index is -4.41. The van der Waals surface area contributed by atoms with E-state index in [1.54, 1.807) is 0 Å². The molecule has 330 valence electrons. The van der Waals surface area contributed by atoms with Crippen molar-refractivity contribution in [2.75, 3.05) is 47.5 Å². The van der Waals surface area contributed by atoms with E-state index in [1.165, 1.54) is 51.4 Å². The minimum Gasteiger partial charge on any atom is -0.462 e. The van der Waals surface area contributed by atoms with Crippen molar-refractivity contribution in [2.24, 2.45) is 0 Å². The molecule has 0 aliphatic carbocycles. The number of esters is 2. The van der Waals surface area contributed by atoms with Gasteiger partial charge in [-0.2, -0.15) is 0 Å². The van der Waals surface area contributed by atoms with Crippen LogP contribution in [-0.4, -0.2) is 74.9 Å². The number of carbonyl (C=O) groups is 2. The number of unbranched alkanes of at least 4 members (excludes halogenated alkanes) is 8. The third-order valence-electron chi connectivity index (χ3n) is 8.59. The highest BCUT2D eigenvalue weighted by Crippen LogP contribution is 2.43. The fraction of sp³-hybridized carbons (Fsp3) is 0.625. The number of ether oxygens (including phenoxy) is 2. The van der Waals surface area contributed by atoms with Crippen LogP contribution in [-0.2, 0) is 32.7 Å². The maximum atomic E-state index is 12.7. The number of hydrogen-bond acceptors (Lipinski definition) is 7. The van der Waals surface area contributed by atoms with Gasteiger partial charge in [0.05, 0.1) is 27.7 Å². The first-order valence-electron chi connectivity index (χ1n) is 22.0. The molecule has 0 aliphatic heterocycles. The van der Waals surface area contributed by atoms with Gasteiger partial charge in [0.2, 0.25) is 0 Å². The molecule has 10 heteroatoms. The Kier molecular flexibility index (Phi) is 37.3. The molecular formula is C48H81NO8P+. The van der Waals surface area contributed by atoms with Gasteiger partial charge in [-0.05, 0) is 89.9 Å². The molecule has 0 aliphatic rings. The molecule has 2 unspecified atom stereocenters. The summed E-state index contributed by atoms with van der Waals surface area (Å²) >= 11 is 0. The average Bonchev–Trinajstić information content (AvgIpc) is 3.17. The lowest BCUT2D eigenvalue weighted by Gasteiger charge is -2.24. The Hall–Kier alpha value is -3.07. The van der Waals surface area contributed by atoms with Gasteiger partial charge in [-0.3, -0.25) is 18.6 Å². The van der Waals surface area contributed by atoms with Crippen LogP contribution in [0, 0.1) is 0 Å². The smallest absolute Gasteiger partial charge is 0.462 e. The van der Waals surface area contributed by atoms with Crippen molar-refractivity contribution in [2.45, 2.75) is 148 Å². The van der Waals surface area contributed by atoms with Gasteiger partial charge in [-0.1, -0.05) is 137 Å². The molecule has 2 atom stereocenters. The van der Waals surface area contributed by atoms with Gasteiger partial charge in [-0.25, -0.2) is 4.57 Å². The second-order valence-electron chi connectivity index (χ2n) is 15.4. The van der Waals surface area contributed by atoms with Gasteiger partial charge < -0.3 is 18.9 Å². The summed E-state index contributed by atoms with van der Waals surface area (Å²) in [5.74, 6) is -0.941. The van der Waals surface area contributed by atoms with Crippen LogP contribution in [0.25, 0.3) is 0 Å². The number of likely N-dealkylation sites (N-methyl/N-ethyl adjacent to an activating group) is 1. The van der Waals surface area contributed by atoms with E-state index in [4.69, 9.17) is 18.5 Å². The minimum absolute atomic E-state index is 0.00758. The molecule has 0 saturated heterocycles. The van der Waals surface area contributed by atoms with Gasteiger partial charge in [0, 0.05) is 12.8 Å². The Morgan fingerprint density at radius 2 is 0.914 bits per heavy atom. The lowest BCUT2D eigenvalue weighted by atomic mass is 10.2. The molecule has 58 heavy (non-hydrogen) atoms. The highest BCUT2D eigenvalue weighted by molar-refractivity contribution is 7.47. The van der Waals surface area contributed by atoms with Gasteiger partial charge in [0.25, 0.3) is 0 Å². The van der Waals surface area contributed by atoms with Crippen molar-refractivity contribution < 1.29 is 42.1 Å². The van der Waals surface area contributed by atoms with Crippen LogP contribution in [0.1, 0.15) is 142 Å². The van der Waals surface area contributed by atoms with Crippen molar-refractivity contribution >= 4 is 19.8 Å². The lowest BCUT2D eigenvalue weighted by molar-refractivity contribution is -0.870. The Balaban J connectivity index is 4.58. The van der Waals surface area contributed by atoms with Crippen LogP contribution in [0.2, 0.25) is 0 Å². The van der Waals surface area contributed by atoms with Crippen LogP contribution < -0.4 is 0 Å². The molecule has 0 aromatic carbocycles. The molecule has 0 spiro atoms. The van der Waals surface area contributed by atoms with Crippen molar-refractivity contribution in [1.82, 2.24) is 0 Å². The third kappa shape index (κ3) is 42.5. The van der Waals surface area contributed by atoms with Crippen LogP contribution in [0.15, 0.2) is 97.2 Å². The van der Waals surface area contributed by atoms with E-state index in [1.807, 2.05) is 33.3 Å². The summed E-state index contributed by atoms with van der Waals surface area (Å²) in [6, 6.07) is 0. The summed E-state index contributed by atoms with van der Waals surface area (Å²) in [7, 11) is 1.40. The van der Waals surface area contributed by atoms with Gasteiger partial charge in [0.1, 0.15) is 19.8 Å². The van der Waals surface area contributed by atoms with E-state index in [0.717, 1.165) is 44.9 Å². The lowest BCUT2D eigenvalue weighted by Crippen LogP contribution is -2.37. The summed E-state index contributed by atoms with van der Waals surface area (Å²) in [5, 5.41) is 0. The molecule has 9 nitrogen and oxygen atoms in total. The van der Waals surface area contributed by atoms with E-state index < -0.39 is 32.5 Å². The largest absolute Gasteiger partial charge is 0.472 e. The zero-order chi connectivity index (χ0) is 42.8. The van der Waals surface area contributed by atoms with Crippen molar-refractivity contribution in [3.8, 4) is 0 Å². The highest BCUT2D eigenvalue weighted by atomic mass is 31.2. The van der Waals surface area contributed by atoms with E-state index in [9.17, 15) is 19.0 Å². The first-order chi connectivity index (χ1) is 28.0. The molecule has 0 amide bonds.